The summed E-state index contributed by atoms with van der Waals surface area (Å²) < 4.78 is 57.8. The largest absolute Gasteiger partial charge is 0.477 e. The van der Waals surface area contributed by atoms with E-state index in [-0.39, 0.29) is 61.9 Å². The third-order valence-corrected chi connectivity index (χ3v) is 16.0. The van der Waals surface area contributed by atoms with Crippen LogP contribution in [-0.4, -0.2) is 194 Å². The maximum Gasteiger partial charge on any atom is 0.341 e. The molecule has 74 heavy (non-hydrogen) atoms. The lowest BCUT2D eigenvalue weighted by atomic mass is 9.69. The molecule has 0 radical (unpaired) electrons. The van der Waals surface area contributed by atoms with Gasteiger partial charge in [-0.05, 0) is 105 Å². The number of ether oxygens (including phenoxy) is 9. The SMILES string of the molecule is CO[C@@H]1C[C@H](O[C@H]2[C@H](C)[C@@H](O[C@@H]3O[C@H](C)C[C@H](N(C)C)[C@H]3O)[C@](C)(OC)C[C@@H](C)C(=O)[C@@H](O)[C@@]3(O)CC[C@H]3OC(=O)[C@@H]2C)O[C@@H](C)[C@@H]1OC(=O)CCNCCCc1cc2c3c(c1)c(=O)c(C(=O)O)cn3N(C)CO2. The van der Waals surface area contributed by atoms with Gasteiger partial charge in [-0.2, -0.15) is 0 Å². The molecule has 0 unspecified atom stereocenters. The highest BCUT2D eigenvalue weighted by atomic mass is 16.7. The van der Waals surface area contributed by atoms with Crippen LogP contribution in [0.25, 0.3) is 10.9 Å². The summed E-state index contributed by atoms with van der Waals surface area (Å²) in [6, 6.07) is 3.22. The van der Waals surface area contributed by atoms with Crippen LogP contribution in [0.4, 0.5) is 0 Å². The summed E-state index contributed by atoms with van der Waals surface area (Å²) in [5.41, 5.74) is -2.96. The molecule has 4 fully saturated rings. The number of carboxylic acids is 1. The number of pyridine rings is 1. The number of Topliss-reactive ketones (excluding diaryl/α,β-unsaturated/α-hetero) is 1. The fourth-order valence-corrected chi connectivity index (χ4v) is 11.4. The first-order chi connectivity index (χ1) is 34.9. The summed E-state index contributed by atoms with van der Waals surface area (Å²) in [5.74, 6) is -5.46. The number of nitrogens with one attached hydrogen (secondary N) is 1. The molecule has 0 amide bonds. The molecule has 5 aliphatic rings. The lowest BCUT2D eigenvalue weighted by molar-refractivity contribution is -0.313. The molecule has 5 N–H and O–H groups in total. The highest BCUT2D eigenvalue weighted by Crippen LogP contribution is 2.44. The molecule has 3 saturated heterocycles. The van der Waals surface area contributed by atoms with E-state index in [0.29, 0.717) is 43.6 Å². The number of aromatic carboxylic acids is 1. The molecule has 1 saturated carbocycles. The van der Waals surface area contributed by atoms with Crippen LogP contribution >= 0.6 is 0 Å². The number of fused-ring (bicyclic) bond motifs is 1. The first-order valence-electron chi connectivity index (χ1n) is 25.8. The minimum Gasteiger partial charge on any atom is -0.477 e. The van der Waals surface area contributed by atoms with Crippen molar-refractivity contribution in [3.05, 3.63) is 39.7 Å². The minimum absolute atomic E-state index is 0.00548. The number of carboxylic acid groups (broad SMARTS) is 1. The number of benzene rings is 1. The first-order valence-corrected chi connectivity index (χ1v) is 25.8. The Bertz CT molecular complexity index is 2400. The van der Waals surface area contributed by atoms with Crippen LogP contribution in [0, 0.1) is 17.8 Å². The van der Waals surface area contributed by atoms with Crippen LogP contribution in [0.5, 0.6) is 5.75 Å². The molecule has 7 rings (SSSR count). The standard InChI is InChI=1S/C52H78N4O18/c1-26-23-51(6,67-11)47(74-50-43(60)34(54(7)8)19-27(2)69-50)28(3)44(29(4)49(64)71-37-14-16-52(37,65)46(61)41(26)58)73-39-22-36(66-10)45(30(5)70-39)72-38(57)15-18-53-17-12-13-31-20-32-40-35(21-31)68-25-55(9)56(40)24-33(42(32)59)48(62)63/h20-21,24,26-30,34,36-37,39,43-47,50,53,60-61,65H,12-19,22-23,25H2,1-11H3,(H,62,63)/t26-,27-,28+,29-,30+,34+,36-,37-,39+,43-,44+,45+,46-,47-,50+,51-,52-/m1/s1. The molecular weight excluding hydrogens is 969 g/mol. The number of likely N-dealkylation sites (N-methyl/N-ethyl adjacent to an activating group) is 1. The average Bonchev–Trinajstić information content (AvgIpc) is 3.36. The number of aryl methyl sites for hydroxylation is 1. The predicted octanol–water partition coefficient (Wildman–Crippen LogP) is 1.87. The van der Waals surface area contributed by atoms with Crippen molar-refractivity contribution in [1.82, 2.24) is 14.9 Å². The number of carbonyl (C=O) groups excluding carboxylic acids is 3. The summed E-state index contributed by atoms with van der Waals surface area (Å²) in [7, 11) is 8.40. The van der Waals surface area contributed by atoms with Gasteiger partial charge < -0.3 is 73.3 Å². The maximum absolute atomic E-state index is 14.3. The first kappa shape index (κ1) is 57.4. The molecule has 0 bridgehead atoms. The molecule has 4 aliphatic heterocycles. The highest BCUT2D eigenvalue weighted by molar-refractivity contribution is 5.95. The number of hydrogen-bond acceptors (Lipinski definition) is 20. The van der Waals surface area contributed by atoms with E-state index in [1.165, 1.54) is 20.4 Å². The fourth-order valence-electron chi connectivity index (χ4n) is 11.4. The Kier molecular flexibility index (Phi) is 18.2. The van der Waals surface area contributed by atoms with Gasteiger partial charge in [0, 0.05) is 58.3 Å². The monoisotopic (exact) mass is 1050 g/mol. The molecule has 22 heteroatoms. The van der Waals surface area contributed by atoms with Gasteiger partial charge in [-0.3, -0.25) is 28.9 Å². The van der Waals surface area contributed by atoms with Gasteiger partial charge in [0.1, 0.15) is 46.8 Å². The van der Waals surface area contributed by atoms with E-state index >= 15 is 0 Å². The molecule has 5 heterocycles. The van der Waals surface area contributed by atoms with Crippen LogP contribution in [0.15, 0.2) is 23.1 Å². The van der Waals surface area contributed by atoms with E-state index in [2.05, 4.69) is 5.32 Å². The maximum atomic E-state index is 14.3. The summed E-state index contributed by atoms with van der Waals surface area (Å²) >= 11 is 0. The van der Waals surface area contributed by atoms with Gasteiger partial charge >= 0.3 is 17.9 Å². The van der Waals surface area contributed by atoms with Crippen LogP contribution in [0.3, 0.4) is 0 Å². The van der Waals surface area contributed by atoms with Gasteiger partial charge in [0.15, 0.2) is 31.2 Å². The Balaban J connectivity index is 1.02. The number of nitrogens with zero attached hydrogens (tertiary/aromatic N) is 3. The second-order valence-electron chi connectivity index (χ2n) is 21.5. The number of methoxy groups -OCH3 is 2. The third-order valence-electron chi connectivity index (χ3n) is 16.0. The van der Waals surface area contributed by atoms with Gasteiger partial charge in [-0.1, -0.05) is 13.8 Å². The molecule has 17 atom stereocenters. The van der Waals surface area contributed by atoms with Gasteiger partial charge in [0.25, 0.3) is 0 Å². The molecule has 1 aromatic heterocycles. The van der Waals surface area contributed by atoms with Crippen molar-refractivity contribution in [1.29, 1.82) is 0 Å². The van der Waals surface area contributed by atoms with Crippen molar-refractivity contribution in [2.75, 3.05) is 60.2 Å². The van der Waals surface area contributed by atoms with E-state index in [4.69, 9.17) is 42.6 Å². The Labute approximate surface area is 431 Å². The van der Waals surface area contributed by atoms with Crippen molar-refractivity contribution >= 4 is 34.6 Å². The Hall–Kier alpha value is -4.33. The van der Waals surface area contributed by atoms with Crippen molar-refractivity contribution in [3.8, 4) is 5.75 Å². The van der Waals surface area contributed by atoms with Crippen LogP contribution in [-0.2, 0) is 58.7 Å². The topological polar surface area (TPSA) is 273 Å². The number of carbonyl (C=O) groups is 4. The van der Waals surface area contributed by atoms with E-state index < -0.39 is 119 Å². The fraction of sp³-hybridized carbons (Fsp3) is 0.750. The van der Waals surface area contributed by atoms with Gasteiger partial charge in [-0.25, -0.2) is 4.79 Å². The molecule has 0 spiro atoms. The number of aliphatic hydroxyl groups excluding tert-OH is 2. The van der Waals surface area contributed by atoms with Crippen LogP contribution in [0.2, 0.25) is 0 Å². The third kappa shape index (κ3) is 11.8. The second-order valence-corrected chi connectivity index (χ2v) is 21.5. The zero-order valence-corrected chi connectivity index (χ0v) is 44.5. The van der Waals surface area contributed by atoms with Crippen LogP contribution < -0.4 is 20.5 Å². The van der Waals surface area contributed by atoms with Gasteiger partial charge in [0.05, 0.1) is 47.7 Å². The van der Waals surface area contributed by atoms with E-state index in [1.54, 1.807) is 57.4 Å². The average molecular weight is 1050 g/mol. The number of esters is 2. The summed E-state index contributed by atoms with van der Waals surface area (Å²) in [6.07, 6.45) is -7.65. The molecular formula is C52H78N4O18. The number of rotatable bonds is 16. The molecule has 22 nitrogen and oxygen atoms in total. The second kappa shape index (κ2) is 23.5. The quantitative estimate of drug-likeness (QED) is 0.119. The zero-order chi connectivity index (χ0) is 54.1. The van der Waals surface area contributed by atoms with E-state index in [1.807, 2.05) is 32.0 Å². The van der Waals surface area contributed by atoms with Crippen molar-refractivity contribution in [2.45, 2.75) is 178 Å². The highest BCUT2D eigenvalue weighted by Gasteiger charge is 2.58. The predicted molar refractivity (Wildman–Crippen MR) is 265 cm³/mol. The lowest BCUT2D eigenvalue weighted by Gasteiger charge is -2.48. The number of ketones is 1. The zero-order valence-electron chi connectivity index (χ0n) is 44.5. The normalized spacial score (nSPS) is 36.9. The van der Waals surface area contributed by atoms with E-state index in [0.717, 1.165) is 5.56 Å². The number of aliphatic hydroxyl groups is 3. The molecule has 414 valence electrons. The molecule has 1 aliphatic carbocycles. The molecule has 2 aromatic rings. The summed E-state index contributed by atoms with van der Waals surface area (Å²) in [5, 5.41) is 49.5. The van der Waals surface area contributed by atoms with Crippen LogP contribution in [0.1, 0.15) is 102 Å². The summed E-state index contributed by atoms with van der Waals surface area (Å²) in [4.78, 5) is 68.4. The Morgan fingerprint density at radius 3 is 2.36 bits per heavy atom. The number of hydrogen-bond donors (Lipinski definition) is 5. The smallest absolute Gasteiger partial charge is 0.341 e. The summed E-state index contributed by atoms with van der Waals surface area (Å²) in [6.45, 7) is 11.4. The van der Waals surface area contributed by atoms with E-state index in [9.17, 15) is 44.4 Å². The van der Waals surface area contributed by atoms with Gasteiger partial charge in [-0.15, -0.1) is 0 Å². The molecule has 1 aromatic carbocycles. The Morgan fingerprint density at radius 1 is 0.986 bits per heavy atom. The Morgan fingerprint density at radius 2 is 1.72 bits per heavy atom. The lowest BCUT2D eigenvalue weighted by Crippen LogP contribution is -2.64. The number of aromatic nitrogens is 1. The van der Waals surface area contributed by atoms with Crippen molar-refractivity contribution < 1.29 is 82.2 Å². The van der Waals surface area contributed by atoms with Crippen molar-refractivity contribution in [2.24, 2.45) is 17.8 Å². The van der Waals surface area contributed by atoms with Gasteiger partial charge in [0.2, 0.25) is 5.43 Å². The minimum atomic E-state index is -2.00. The van der Waals surface area contributed by atoms with Crippen molar-refractivity contribution in [3.63, 3.8) is 0 Å².